The zero-order valence-electron chi connectivity index (χ0n) is 7.10. The van der Waals surface area contributed by atoms with Crippen molar-refractivity contribution < 1.29 is 4.92 Å². The van der Waals surface area contributed by atoms with Gasteiger partial charge in [-0.15, -0.1) is 0 Å². The van der Waals surface area contributed by atoms with Gasteiger partial charge in [-0.25, -0.2) is 4.98 Å². The van der Waals surface area contributed by atoms with E-state index in [1.165, 1.54) is 12.1 Å². The number of nitrogens with zero attached hydrogens (tertiary/aromatic N) is 3. The highest BCUT2D eigenvalue weighted by molar-refractivity contribution is 5.34. The first-order valence-electron chi connectivity index (χ1n) is 3.70. The Hall–Kier alpha value is -2.40. The smallest absolute Gasteiger partial charge is 0.258 e. The summed E-state index contributed by atoms with van der Waals surface area (Å²) in [5, 5.41) is 18.5. The molecule has 5 nitrogen and oxygen atoms in total. The second kappa shape index (κ2) is 4.58. The van der Waals surface area contributed by atoms with Crippen LogP contribution in [0.5, 0.6) is 0 Å². The van der Waals surface area contributed by atoms with Crippen molar-refractivity contribution in [3.05, 3.63) is 34.1 Å². The van der Waals surface area contributed by atoms with Crippen LogP contribution in [0, 0.1) is 33.3 Å². The molecule has 0 aliphatic carbocycles. The van der Waals surface area contributed by atoms with Gasteiger partial charge >= 0.3 is 0 Å². The van der Waals surface area contributed by atoms with Gasteiger partial charge in [-0.2, -0.15) is 5.26 Å². The van der Waals surface area contributed by atoms with E-state index in [0.717, 1.165) is 6.20 Å². The van der Waals surface area contributed by atoms with Crippen molar-refractivity contribution in [1.82, 2.24) is 4.98 Å². The predicted molar refractivity (Wildman–Crippen MR) is 48.0 cm³/mol. The normalized spacial score (nSPS) is 8.21. The molecule has 0 aromatic carbocycles. The first kappa shape index (κ1) is 9.69. The minimum atomic E-state index is -0.528. The van der Waals surface area contributed by atoms with E-state index in [1.54, 1.807) is 0 Å². The van der Waals surface area contributed by atoms with Crippen LogP contribution < -0.4 is 0 Å². The Bertz CT molecular complexity index is 434. The van der Waals surface area contributed by atoms with Crippen LogP contribution in [-0.2, 0) is 0 Å². The van der Waals surface area contributed by atoms with Gasteiger partial charge in [0.1, 0.15) is 11.9 Å². The monoisotopic (exact) mass is 187 g/mol. The first-order valence-corrected chi connectivity index (χ1v) is 3.70. The van der Waals surface area contributed by atoms with Crippen molar-refractivity contribution in [2.75, 3.05) is 0 Å². The van der Waals surface area contributed by atoms with Crippen LogP contribution in [0.2, 0.25) is 0 Å². The molecule has 1 aromatic rings. The van der Waals surface area contributed by atoms with Gasteiger partial charge in [0.25, 0.3) is 5.69 Å². The van der Waals surface area contributed by atoms with Crippen LogP contribution in [0.15, 0.2) is 18.3 Å². The van der Waals surface area contributed by atoms with E-state index in [9.17, 15) is 10.1 Å². The molecule has 0 spiro atoms. The standard InChI is InChI=1S/C9H5N3O2/c10-6-2-1-3-8-4-5-9(7-11-8)12(13)14/h4-5,7H,2H2. The van der Waals surface area contributed by atoms with E-state index in [4.69, 9.17) is 5.26 Å². The average Bonchev–Trinajstić information content (AvgIpc) is 2.19. The number of hydrogen-bond acceptors (Lipinski definition) is 4. The zero-order chi connectivity index (χ0) is 10.4. The van der Waals surface area contributed by atoms with Crippen LogP contribution in [0.3, 0.4) is 0 Å². The number of hydrogen-bond donors (Lipinski definition) is 0. The molecule has 5 heteroatoms. The van der Waals surface area contributed by atoms with Gasteiger partial charge < -0.3 is 0 Å². The molecule has 0 radical (unpaired) electrons. The Morgan fingerprint density at radius 3 is 2.86 bits per heavy atom. The first-order chi connectivity index (χ1) is 6.74. The summed E-state index contributed by atoms with van der Waals surface area (Å²) in [5.74, 6) is 5.16. The van der Waals surface area contributed by atoms with E-state index in [0.29, 0.717) is 5.69 Å². The summed E-state index contributed by atoms with van der Waals surface area (Å²) in [4.78, 5) is 13.5. The van der Waals surface area contributed by atoms with Gasteiger partial charge in [0, 0.05) is 6.07 Å². The summed E-state index contributed by atoms with van der Waals surface area (Å²) in [6, 6.07) is 4.63. The molecular weight excluding hydrogens is 182 g/mol. The molecule has 14 heavy (non-hydrogen) atoms. The summed E-state index contributed by atoms with van der Waals surface area (Å²) in [6.07, 6.45) is 1.26. The summed E-state index contributed by atoms with van der Waals surface area (Å²) in [7, 11) is 0. The molecule has 0 fully saturated rings. The lowest BCUT2D eigenvalue weighted by Gasteiger charge is -1.89. The molecule has 68 valence electrons. The Morgan fingerprint density at radius 1 is 1.57 bits per heavy atom. The number of nitro groups is 1. The van der Waals surface area contributed by atoms with Crippen molar-refractivity contribution in [3.8, 4) is 17.9 Å². The van der Waals surface area contributed by atoms with Gasteiger partial charge in [0.2, 0.25) is 0 Å². The van der Waals surface area contributed by atoms with Crippen molar-refractivity contribution in [3.63, 3.8) is 0 Å². The summed E-state index contributed by atoms with van der Waals surface area (Å²) < 4.78 is 0. The Kier molecular flexibility index (Phi) is 3.17. The third-order valence-electron chi connectivity index (χ3n) is 1.34. The maximum absolute atomic E-state index is 10.3. The van der Waals surface area contributed by atoms with Crippen LogP contribution in [0.1, 0.15) is 12.1 Å². The lowest BCUT2D eigenvalue weighted by atomic mass is 10.3. The lowest BCUT2D eigenvalue weighted by molar-refractivity contribution is -0.385. The number of rotatable bonds is 1. The van der Waals surface area contributed by atoms with Crippen molar-refractivity contribution in [2.45, 2.75) is 6.42 Å². The van der Waals surface area contributed by atoms with Crippen molar-refractivity contribution >= 4 is 5.69 Å². The zero-order valence-corrected chi connectivity index (χ0v) is 7.10. The molecule has 0 saturated carbocycles. The van der Waals surface area contributed by atoms with Gasteiger partial charge in [-0.1, -0.05) is 5.92 Å². The van der Waals surface area contributed by atoms with E-state index in [1.807, 2.05) is 6.07 Å². The maximum atomic E-state index is 10.3. The maximum Gasteiger partial charge on any atom is 0.287 e. The fourth-order valence-electron chi connectivity index (χ4n) is 0.742. The van der Waals surface area contributed by atoms with Crippen LogP contribution >= 0.6 is 0 Å². The molecule has 0 amide bonds. The number of pyridine rings is 1. The largest absolute Gasteiger partial charge is 0.287 e. The summed E-state index contributed by atoms with van der Waals surface area (Å²) in [6.45, 7) is 0. The van der Waals surface area contributed by atoms with Crippen LogP contribution in [0.4, 0.5) is 5.69 Å². The van der Waals surface area contributed by atoms with Gasteiger partial charge in [0.15, 0.2) is 0 Å². The minimum Gasteiger partial charge on any atom is -0.258 e. The van der Waals surface area contributed by atoms with Gasteiger partial charge in [-0.05, 0) is 12.0 Å². The van der Waals surface area contributed by atoms with E-state index in [-0.39, 0.29) is 12.1 Å². The predicted octanol–water partition coefficient (Wildman–Crippen LogP) is 1.25. The van der Waals surface area contributed by atoms with Gasteiger partial charge in [-0.3, -0.25) is 10.1 Å². The highest BCUT2D eigenvalue weighted by Gasteiger charge is 2.03. The van der Waals surface area contributed by atoms with Gasteiger partial charge in [0.05, 0.1) is 17.4 Å². The third kappa shape index (κ3) is 2.58. The number of aromatic nitrogens is 1. The Morgan fingerprint density at radius 2 is 2.36 bits per heavy atom. The van der Waals surface area contributed by atoms with Crippen LogP contribution in [0.25, 0.3) is 0 Å². The molecule has 0 bridgehead atoms. The summed E-state index contributed by atoms with van der Waals surface area (Å²) in [5.41, 5.74) is 0.349. The highest BCUT2D eigenvalue weighted by atomic mass is 16.6. The molecule has 0 atom stereocenters. The average molecular weight is 187 g/mol. The molecule has 1 aromatic heterocycles. The molecule has 1 heterocycles. The lowest BCUT2D eigenvalue weighted by Crippen LogP contribution is -1.89. The SMILES string of the molecule is N#CCC#Cc1ccc([N+](=O)[O-])cn1. The fourth-order valence-corrected chi connectivity index (χ4v) is 0.742. The van der Waals surface area contributed by atoms with Crippen LogP contribution in [-0.4, -0.2) is 9.91 Å². The molecule has 0 aliphatic rings. The van der Waals surface area contributed by atoms with E-state index in [2.05, 4.69) is 16.8 Å². The number of nitriles is 1. The Balaban J connectivity index is 2.81. The van der Waals surface area contributed by atoms with Crippen molar-refractivity contribution in [1.29, 1.82) is 5.26 Å². The topological polar surface area (TPSA) is 79.8 Å². The third-order valence-corrected chi connectivity index (χ3v) is 1.34. The Labute approximate surface area is 80.2 Å². The summed E-state index contributed by atoms with van der Waals surface area (Å²) >= 11 is 0. The van der Waals surface area contributed by atoms with Crippen molar-refractivity contribution in [2.24, 2.45) is 0 Å². The minimum absolute atomic E-state index is 0.0733. The van der Waals surface area contributed by atoms with E-state index < -0.39 is 4.92 Å². The second-order valence-corrected chi connectivity index (χ2v) is 2.30. The molecular formula is C9H5N3O2. The quantitative estimate of drug-likeness (QED) is 0.376. The highest BCUT2D eigenvalue weighted by Crippen LogP contribution is 2.07. The molecule has 0 saturated heterocycles. The van der Waals surface area contributed by atoms with E-state index >= 15 is 0 Å². The molecule has 0 aliphatic heterocycles. The molecule has 0 unspecified atom stereocenters. The fraction of sp³-hybridized carbons (Fsp3) is 0.111. The molecule has 1 rings (SSSR count). The second-order valence-electron chi connectivity index (χ2n) is 2.30. The molecule has 0 N–H and O–H groups in total.